The first kappa shape index (κ1) is 22.1. The standard InChI is InChI=1S/C18H24N4O7S/c1-30(27,28)16-11-14(10-15(12-16)22(25)26)18(24)21-4-2-20(3-5-21)17(23)13-19-6-8-29-9-7-19/h10-12H,2-9,13H2,1H3. The molecule has 3 rings (SSSR count). The number of piperazine rings is 1. The lowest BCUT2D eigenvalue weighted by Gasteiger charge is -2.36. The monoisotopic (exact) mass is 440 g/mol. The third-order valence-electron chi connectivity index (χ3n) is 5.16. The predicted molar refractivity (Wildman–Crippen MR) is 106 cm³/mol. The van der Waals surface area contributed by atoms with Gasteiger partial charge >= 0.3 is 0 Å². The molecule has 0 N–H and O–H groups in total. The van der Waals surface area contributed by atoms with Gasteiger partial charge in [-0.3, -0.25) is 24.6 Å². The molecule has 0 aromatic heterocycles. The smallest absolute Gasteiger partial charge is 0.271 e. The molecule has 1 aromatic carbocycles. The van der Waals surface area contributed by atoms with Crippen LogP contribution in [0.2, 0.25) is 0 Å². The summed E-state index contributed by atoms with van der Waals surface area (Å²) in [5, 5.41) is 11.1. The third-order valence-corrected chi connectivity index (χ3v) is 6.25. The Bertz CT molecular complexity index is 936. The van der Waals surface area contributed by atoms with Crippen molar-refractivity contribution in [3.8, 4) is 0 Å². The van der Waals surface area contributed by atoms with Crippen LogP contribution in [-0.4, -0.2) is 105 Å². The molecule has 12 heteroatoms. The Kier molecular flexibility index (Phi) is 6.68. The summed E-state index contributed by atoms with van der Waals surface area (Å²) in [5.41, 5.74) is -0.515. The van der Waals surface area contributed by atoms with Gasteiger partial charge in [0.2, 0.25) is 5.91 Å². The molecule has 2 heterocycles. The topological polar surface area (TPSA) is 130 Å². The van der Waals surface area contributed by atoms with Gasteiger partial charge in [-0.25, -0.2) is 8.42 Å². The van der Waals surface area contributed by atoms with Crippen molar-refractivity contribution in [1.82, 2.24) is 14.7 Å². The van der Waals surface area contributed by atoms with Crippen molar-refractivity contribution in [2.45, 2.75) is 4.90 Å². The van der Waals surface area contributed by atoms with Gasteiger partial charge in [-0.2, -0.15) is 0 Å². The Morgan fingerprint density at radius 1 is 1.03 bits per heavy atom. The molecule has 0 saturated carbocycles. The number of nitro groups is 1. The summed E-state index contributed by atoms with van der Waals surface area (Å²) in [6.45, 7) is 4.17. The minimum atomic E-state index is -3.72. The van der Waals surface area contributed by atoms with Gasteiger partial charge in [0.1, 0.15) is 0 Å². The number of carbonyl (C=O) groups excluding carboxylic acids is 2. The molecule has 1 aromatic rings. The van der Waals surface area contributed by atoms with Crippen molar-refractivity contribution in [1.29, 1.82) is 0 Å². The van der Waals surface area contributed by atoms with E-state index in [9.17, 15) is 28.1 Å². The van der Waals surface area contributed by atoms with Gasteiger partial charge in [0.15, 0.2) is 9.84 Å². The minimum Gasteiger partial charge on any atom is -0.379 e. The van der Waals surface area contributed by atoms with Crippen molar-refractivity contribution >= 4 is 27.3 Å². The van der Waals surface area contributed by atoms with Gasteiger partial charge < -0.3 is 14.5 Å². The summed E-state index contributed by atoms with van der Waals surface area (Å²) in [4.78, 5) is 40.6. The van der Waals surface area contributed by atoms with E-state index in [-0.39, 0.29) is 29.5 Å². The second-order valence-corrected chi connectivity index (χ2v) is 9.32. The first-order valence-corrected chi connectivity index (χ1v) is 11.4. The Balaban J connectivity index is 1.65. The Morgan fingerprint density at radius 2 is 1.63 bits per heavy atom. The number of ether oxygens (including phenoxy) is 1. The van der Waals surface area contributed by atoms with E-state index >= 15 is 0 Å². The van der Waals surface area contributed by atoms with Gasteiger partial charge in [-0.15, -0.1) is 0 Å². The van der Waals surface area contributed by atoms with Crippen LogP contribution < -0.4 is 0 Å². The van der Waals surface area contributed by atoms with Gasteiger partial charge in [0, 0.05) is 63.2 Å². The summed E-state index contributed by atoms with van der Waals surface area (Å²) in [7, 11) is -3.72. The average molecular weight is 440 g/mol. The molecule has 0 unspecified atom stereocenters. The van der Waals surface area contributed by atoms with E-state index in [0.717, 1.165) is 24.5 Å². The normalized spacial score (nSPS) is 18.3. The predicted octanol–water partition coefficient (Wildman–Crippen LogP) is -0.385. The highest BCUT2D eigenvalue weighted by Crippen LogP contribution is 2.22. The van der Waals surface area contributed by atoms with Crippen LogP contribution in [0.3, 0.4) is 0 Å². The Hall–Kier alpha value is -2.57. The zero-order valence-corrected chi connectivity index (χ0v) is 17.5. The van der Waals surface area contributed by atoms with Crippen LogP contribution in [0.1, 0.15) is 10.4 Å². The fraction of sp³-hybridized carbons (Fsp3) is 0.556. The van der Waals surface area contributed by atoms with Crippen molar-refractivity contribution in [3.05, 3.63) is 33.9 Å². The van der Waals surface area contributed by atoms with E-state index in [2.05, 4.69) is 0 Å². The summed E-state index contributed by atoms with van der Waals surface area (Å²) in [5.74, 6) is -0.511. The maximum Gasteiger partial charge on any atom is 0.271 e. The van der Waals surface area contributed by atoms with Crippen LogP contribution in [0.5, 0.6) is 0 Å². The molecule has 0 radical (unpaired) electrons. The maximum absolute atomic E-state index is 12.8. The van der Waals surface area contributed by atoms with Gasteiger partial charge in [0.25, 0.3) is 11.6 Å². The molecule has 0 atom stereocenters. The van der Waals surface area contributed by atoms with Crippen molar-refractivity contribution in [3.63, 3.8) is 0 Å². The highest BCUT2D eigenvalue weighted by molar-refractivity contribution is 7.90. The van der Waals surface area contributed by atoms with E-state index in [1.807, 2.05) is 4.90 Å². The molecule has 11 nitrogen and oxygen atoms in total. The van der Waals surface area contributed by atoms with Crippen molar-refractivity contribution < 1.29 is 27.7 Å². The van der Waals surface area contributed by atoms with Gasteiger partial charge in [-0.05, 0) is 6.07 Å². The molecule has 2 saturated heterocycles. The van der Waals surface area contributed by atoms with E-state index in [4.69, 9.17) is 4.74 Å². The van der Waals surface area contributed by atoms with E-state index in [0.29, 0.717) is 45.9 Å². The van der Waals surface area contributed by atoms with E-state index < -0.39 is 26.4 Å². The number of benzene rings is 1. The largest absolute Gasteiger partial charge is 0.379 e. The van der Waals surface area contributed by atoms with Crippen LogP contribution in [0.4, 0.5) is 5.69 Å². The molecule has 2 amide bonds. The van der Waals surface area contributed by atoms with E-state index in [1.165, 1.54) is 4.90 Å². The maximum atomic E-state index is 12.8. The van der Waals surface area contributed by atoms with Crippen LogP contribution in [0.15, 0.2) is 23.1 Å². The molecular weight excluding hydrogens is 416 g/mol. The molecular formula is C18H24N4O7S. The summed E-state index contributed by atoms with van der Waals surface area (Å²) in [6, 6.07) is 3.17. The molecule has 0 spiro atoms. The molecule has 164 valence electrons. The average Bonchev–Trinajstić information content (AvgIpc) is 2.73. The molecule has 2 aliphatic heterocycles. The SMILES string of the molecule is CS(=O)(=O)c1cc(C(=O)N2CCN(C(=O)CN3CCOCC3)CC2)cc([N+](=O)[O-])c1. The third kappa shape index (κ3) is 5.32. The zero-order chi connectivity index (χ0) is 21.9. The summed E-state index contributed by atoms with van der Waals surface area (Å²) in [6.07, 6.45) is 0.930. The van der Waals surface area contributed by atoms with Crippen molar-refractivity contribution in [2.75, 3.05) is 65.3 Å². The van der Waals surface area contributed by atoms with Crippen LogP contribution in [0, 0.1) is 10.1 Å². The second-order valence-electron chi connectivity index (χ2n) is 7.31. The number of nitro benzene ring substituents is 1. The van der Waals surface area contributed by atoms with Crippen LogP contribution >= 0.6 is 0 Å². The molecule has 2 aliphatic rings. The number of amides is 2. The molecule has 0 aliphatic carbocycles. The Labute approximate surface area is 174 Å². The molecule has 30 heavy (non-hydrogen) atoms. The lowest BCUT2D eigenvalue weighted by Crippen LogP contribution is -2.53. The first-order valence-electron chi connectivity index (χ1n) is 9.52. The van der Waals surface area contributed by atoms with E-state index in [1.54, 1.807) is 4.90 Å². The summed E-state index contributed by atoms with van der Waals surface area (Å²) < 4.78 is 28.9. The van der Waals surface area contributed by atoms with Crippen LogP contribution in [-0.2, 0) is 19.4 Å². The second kappa shape index (κ2) is 9.06. The fourth-order valence-electron chi connectivity index (χ4n) is 3.42. The lowest BCUT2D eigenvalue weighted by atomic mass is 10.1. The summed E-state index contributed by atoms with van der Waals surface area (Å²) >= 11 is 0. The quantitative estimate of drug-likeness (QED) is 0.447. The number of rotatable bonds is 5. The number of nitrogens with zero attached hydrogens (tertiary/aromatic N) is 4. The number of non-ortho nitro benzene ring substituents is 1. The molecule has 2 fully saturated rings. The number of hydrogen-bond donors (Lipinski definition) is 0. The number of hydrogen-bond acceptors (Lipinski definition) is 8. The zero-order valence-electron chi connectivity index (χ0n) is 16.7. The molecule has 0 bridgehead atoms. The minimum absolute atomic E-state index is 0.0151. The fourth-order valence-corrected chi connectivity index (χ4v) is 4.09. The number of carbonyl (C=O) groups is 2. The van der Waals surface area contributed by atoms with Crippen LogP contribution in [0.25, 0.3) is 0 Å². The Morgan fingerprint density at radius 3 is 2.20 bits per heavy atom. The first-order chi connectivity index (χ1) is 14.1. The van der Waals surface area contributed by atoms with Gasteiger partial charge in [0.05, 0.1) is 29.6 Å². The van der Waals surface area contributed by atoms with Gasteiger partial charge in [-0.1, -0.05) is 0 Å². The highest BCUT2D eigenvalue weighted by atomic mass is 32.2. The van der Waals surface area contributed by atoms with Crippen molar-refractivity contribution in [2.24, 2.45) is 0 Å². The lowest BCUT2D eigenvalue weighted by molar-refractivity contribution is -0.385. The number of morpholine rings is 1. The number of sulfone groups is 1. The highest BCUT2D eigenvalue weighted by Gasteiger charge is 2.28.